The van der Waals surface area contributed by atoms with Gasteiger partial charge in [0.2, 0.25) is 11.8 Å². The van der Waals surface area contributed by atoms with Crippen molar-refractivity contribution >= 4 is 34.5 Å². The van der Waals surface area contributed by atoms with Gasteiger partial charge in [-0.25, -0.2) is 24.5 Å². The minimum absolute atomic E-state index is 0.0534. The van der Waals surface area contributed by atoms with Crippen LogP contribution >= 0.6 is 22.7 Å². The first kappa shape index (κ1) is 27.5. The maximum absolute atomic E-state index is 13.2. The highest BCUT2D eigenvalue weighted by Crippen LogP contribution is 2.37. The molecule has 2 aromatic heterocycles. The molecule has 2 aliphatic rings. The minimum atomic E-state index is -0.417. The van der Waals surface area contributed by atoms with Crippen molar-refractivity contribution in [2.75, 3.05) is 26.3 Å². The van der Waals surface area contributed by atoms with Gasteiger partial charge < -0.3 is 15.3 Å². The summed E-state index contributed by atoms with van der Waals surface area (Å²) in [5.74, 6) is -1.85. The summed E-state index contributed by atoms with van der Waals surface area (Å²) < 4.78 is 13.2. The fourth-order valence-corrected chi connectivity index (χ4v) is 5.69. The number of hydrogen-bond acceptors (Lipinski definition) is 11. The first-order valence-corrected chi connectivity index (χ1v) is 13.8. The van der Waals surface area contributed by atoms with Gasteiger partial charge in [-0.15, -0.1) is 22.7 Å². The highest BCUT2D eigenvalue weighted by molar-refractivity contribution is 7.17. The van der Waals surface area contributed by atoms with Crippen molar-refractivity contribution < 1.29 is 39.0 Å². The number of benzene rings is 2. The smallest absolute Gasteiger partial charge is 0.293 e. The van der Waals surface area contributed by atoms with Crippen LogP contribution in [0.3, 0.4) is 0 Å². The van der Waals surface area contributed by atoms with Crippen LogP contribution in [-0.2, 0) is 9.68 Å². The van der Waals surface area contributed by atoms with E-state index in [1.165, 1.54) is 28.3 Å². The van der Waals surface area contributed by atoms with Crippen LogP contribution in [0.2, 0.25) is 0 Å². The van der Waals surface area contributed by atoms with Gasteiger partial charge in [0, 0.05) is 5.56 Å². The molecule has 0 spiro atoms. The van der Waals surface area contributed by atoms with Gasteiger partial charge in [-0.1, -0.05) is 24.3 Å². The monoisotopic (exact) mass is 586 g/mol. The number of aromatic nitrogens is 2. The number of amides is 2. The van der Waals surface area contributed by atoms with Gasteiger partial charge >= 0.3 is 0 Å². The van der Waals surface area contributed by atoms with E-state index in [2.05, 4.69) is 9.97 Å². The molecular weight excluding hydrogens is 563 g/mol. The van der Waals surface area contributed by atoms with Crippen molar-refractivity contribution in [1.29, 1.82) is 0 Å². The van der Waals surface area contributed by atoms with Crippen LogP contribution in [0.25, 0.3) is 21.1 Å². The molecule has 2 amide bonds. The topological polar surface area (TPSA) is 146 Å². The summed E-state index contributed by atoms with van der Waals surface area (Å²) >= 11 is 2.05. The standard InChI is InChI=1S/C13H11FN2O3S.C13H12N2O4S/c14-9-4-1-3-8(7-9)12-15-11(17)10(20-12)13(18)16-5-2-6-19-16;16-9-5-2-1-4-8(9)12-14-11(17)10(20-12)13(18)15-6-3-7-19-15/h1,3-4,7,17H,2,5-6H2;1-2,4-5,16-17H,3,6-7H2. The molecule has 0 bridgehead atoms. The molecule has 40 heavy (non-hydrogen) atoms. The fourth-order valence-electron chi connectivity index (χ4n) is 3.86. The third-order valence-corrected chi connectivity index (χ3v) is 7.92. The van der Waals surface area contributed by atoms with Crippen LogP contribution in [0.5, 0.6) is 17.5 Å². The average molecular weight is 587 g/mol. The number of aromatic hydroxyl groups is 3. The van der Waals surface area contributed by atoms with E-state index in [0.29, 0.717) is 47.4 Å². The van der Waals surface area contributed by atoms with Crippen molar-refractivity contribution in [3.63, 3.8) is 0 Å². The molecule has 2 fully saturated rings. The number of hydrogen-bond donors (Lipinski definition) is 3. The average Bonchev–Trinajstić information content (AvgIpc) is 3.76. The zero-order chi connectivity index (χ0) is 28.2. The number of para-hydroxylation sites is 1. The Morgan fingerprint density at radius 3 is 1.93 bits per heavy atom. The van der Waals surface area contributed by atoms with E-state index in [-0.39, 0.29) is 27.3 Å². The largest absolute Gasteiger partial charge is 0.507 e. The van der Waals surface area contributed by atoms with Crippen LogP contribution < -0.4 is 0 Å². The molecule has 2 aliphatic heterocycles. The molecule has 2 aromatic carbocycles. The van der Waals surface area contributed by atoms with Crippen molar-refractivity contribution in [1.82, 2.24) is 20.1 Å². The zero-order valence-electron chi connectivity index (χ0n) is 20.8. The third kappa shape index (κ3) is 5.89. The zero-order valence-corrected chi connectivity index (χ0v) is 22.5. The lowest BCUT2D eigenvalue weighted by Gasteiger charge is -2.11. The Balaban J connectivity index is 0.000000161. The predicted molar refractivity (Wildman–Crippen MR) is 143 cm³/mol. The van der Waals surface area contributed by atoms with Crippen LogP contribution in [-0.4, -0.2) is 73.5 Å². The number of hydroxylamine groups is 4. The quantitative estimate of drug-likeness (QED) is 0.316. The second kappa shape index (κ2) is 12.0. The van der Waals surface area contributed by atoms with Gasteiger partial charge in [-0.2, -0.15) is 0 Å². The maximum Gasteiger partial charge on any atom is 0.293 e. The van der Waals surface area contributed by atoms with Gasteiger partial charge in [0.15, 0.2) is 9.75 Å². The SMILES string of the molecule is O=C(c1sc(-c2cccc(F)c2)nc1O)N1CCCO1.O=C(c1sc(-c2ccccc2O)nc1O)N1CCCO1. The van der Waals surface area contributed by atoms with E-state index in [1.54, 1.807) is 30.3 Å². The third-order valence-electron chi connectivity index (χ3n) is 5.77. The number of carbonyl (C=O) groups is 2. The number of phenols is 1. The Morgan fingerprint density at radius 2 is 1.38 bits per heavy atom. The van der Waals surface area contributed by atoms with Crippen LogP contribution in [0.1, 0.15) is 32.2 Å². The van der Waals surface area contributed by atoms with Gasteiger partial charge in [0.25, 0.3) is 11.8 Å². The van der Waals surface area contributed by atoms with Gasteiger partial charge in [0.1, 0.15) is 21.6 Å². The second-order valence-electron chi connectivity index (χ2n) is 8.56. The number of carbonyl (C=O) groups excluding carboxylic acids is 2. The molecule has 3 N–H and O–H groups in total. The van der Waals surface area contributed by atoms with E-state index in [4.69, 9.17) is 9.68 Å². The van der Waals surface area contributed by atoms with Crippen molar-refractivity contribution in [2.45, 2.75) is 12.8 Å². The number of phenolic OH excluding ortho intramolecular Hbond substituents is 1. The predicted octanol–water partition coefficient (Wildman–Crippen LogP) is 4.43. The van der Waals surface area contributed by atoms with E-state index >= 15 is 0 Å². The van der Waals surface area contributed by atoms with Crippen LogP contribution in [0, 0.1) is 5.82 Å². The summed E-state index contributed by atoms with van der Waals surface area (Å²) in [5.41, 5.74) is 1.00. The molecule has 0 unspecified atom stereocenters. The highest BCUT2D eigenvalue weighted by atomic mass is 32.1. The minimum Gasteiger partial charge on any atom is -0.507 e. The molecule has 2 saturated heterocycles. The Hall–Kier alpha value is -4.11. The molecule has 0 saturated carbocycles. The van der Waals surface area contributed by atoms with E-state index in [9.17, 15) is 29.3 Å². The number of thiazole rings is 2. The number of halogens is 1. The molecule has 4 aromatic rings. The molecule has 11 nitrogen and oxygen atoms in total. The summed E-state index contributed by atoms with van der Waals surface area (Å²) in [5, 5.41) is 32.6. The molecule has 208 valence electrons. The van der Waals surface area contributed by atoms with Crippen molar-refractivity contribution in [3.8, 4) is 38.7 Å². The van der Waals surface area contributed by atoms with Crippen LogP contribution in [0.15, 0.2) is 48.5 Å². The maximum atomic E-state index is 13.2. The number of rotatable bonds is 4. The Kier molecular flexibility index (Phi) is 8.21. The van der Waals surface area contributed by atoms with Gasteiger partial charge in [0.05, 0.1) is 31.9 Å². The Bertz CT molecular complexity index is 1530. The summed E-state index contributed by atoms with van der Waals surface area (Å²) in [6, 6.07) is 12.5. The molecule has 0 atom stereocenters. The molecule has 14 heteroatoms. The van der Waals surface area contributed by atoms with Crippen LogP contribution in [0.4, 0.5) is 4.39 Å². The summed E-state index contributed by atoms with van der Waals surface area (Å²) in [6.45, 7) is 1.98. The lowest BCUT2D eigenvalue weighted by Crippen LogP contribution is -2.25. The lowest BCUT2D eigenvalue weighted by atomic mass is 10.2. The molecule has 6 rings (SSSR count). The molecule has 0 radical (unpaired) electrons. The summed E-state index contributed by atoms with van der Waals surface area (Å²) in [6.07, 6.45) is 1.54. The number of nitrogens with zero attached hydrogens (tertiary/aromatic N) is 4. The van der Waals surface area contributed by atoms with Crippen molar-refractivity contribution in [3.05, 3.63) is 64.1 Å². The first-order chi connectivity index (χ1) is 19.3. The molecule has 0 aliphatic carbocycles. The Labute approximate surface area is 235 Å². The molecule has 4 heterocycles. The van der Waals surface area contributed by atoms with E-state index in [0.717, 1.165) is 35.5 Å². The molecular formula is C26H23FN4O7S2. The fraction of sp³-hybridized carbons (Fsp3) is 0.231. The highest BCUT2D eigenvalue weighted by Gasteiger charge is 2.28. The first-order valence-electron chi connectivity index (χ1n) is 12.1. The van der Waals surface area contributed by atoms with E-state index < -0.39 is 17.6 Å². The lowest BCUT2D eigenvalue weighted by molar-refractivity contribution is -0.0767. The van der Waals surface area contributed by atoms with Gasteiger partial charge in [-0.3, -0.25) is 19.3 Å². The van der Waals surface area contributed by atoms with Gasteiger partial charge in [-0.05, 0) is 37.1 Å². The summed E-state index contributed by atoms with van der Waals surface area (Å²) in [4.78, 5) is 42.7. The van der Waals surface area contributed by atoms with Crippen molar-refractivity contribution in [2.24, 2.45) is 0 Å². The summed E-state index contributed by atoms with van der Waals surface area (Å²) in [7, 11) is 0. The Morgan fingerprint density at radius 1 is 0.800 bits per heavy atom. The van der Waals surface area contributed by atoms with E-state index in [1.807, 2.05) is 0 Å². The second-order valence-corrected chi connectivity index (χ2v) is 10.6. The normalized spacial score (nSPS) is 14.7.